The van der Waals surface area contributed by atoms with Gasteiger partial charge in [-0.3, -0.25) is 4.79 Å². The third-order valence-corrected chi connectivity index (χ3v) is 6.82. The summed E-state index contributed by atoms with van der Waals surface area (Å²) in [5.41, 5.74) is 5.04. The van der Waals surface area contributed by atoms with Gasteiger partial charge in [0.15, 0.2) is 0 Å². The fourth-order valence-electron chi connectivity index (χ4n) is 3.00. The van der Waals surface area contributed by atoms with Gasteiger partial charge in [0.1, 0.15) is 0 Å². The number of hydrazone groups is 1. The molecule has 1 amide bonds. The molecule has 3 rings (SSSR count). The zero-order chi connectivity index (χ0) is 23.0. The van der Waals surface area contributed by atoms with Crippen LogP contribution in [-0.4, -0.2) is 37.9 Å². The molecule has 0 aromatic heterocycles. The summed E-state index contributed by atoms with van der Waals surface area (Å²) in [5, 5.41) is 4.47. The topological polar surface area (TPSA) is 78.8 Å². The van der Waals surface area contributed by atoms with Crippen molar-refractivity contribution in [2.45, 2.75) is 18.2 Å². The minimum Gasteiger partial charge on any atom is -0.272 e. The van der Waals surface area contributed by atoms with Crippen LogP contribution in [0.15, 0.2) is 88.9 Å². The maximum absolute atomic E-state index is 13.2. The summed E-state index contributed by atoms with van der Waals surface area (Å²) in [6.45, 7) is 1.69. The van der Waals surface area contributed by atoms with Gasteiger partial charge in [-0.05, 0) is 48.7 Å². The number of carbonyl (C=O) groups is 1. The summed E-state index contributed by atoms with van der Waals surface area (Å²) in [6, 6.07) is 23.1. The van der Waals surface area contributed by atoms with E-state index in [0.717, 1.165) is 11.1 Å². The molecule has 0 aliphatic heterocycles. The van der Waals surface area contributed by atoms with Gasteiger partial charge in [0, 0.05) is 11.6 Å². The highest BCUT2D eigenvalue weighted by Crippen LogP contribution is 2.17. The van der Waals surface area contributed by atoms with Crippen molar-refractivity contribution in [3.63, 3.8) is 0 Å². The first-order valence-corrected chi connectivity index (χ1v) is 11.8. The van der Waals surface area contributed by atoms with E-state index < -0.39 is 15.9 Å². The van der Waals surface area contributed by atoms with Crippen molar-refractivity contribution in [1.29, 1.82) is 0 Å². The molecule has 6 nitrogen and oxygen atoms in total. The largest absolute Gasteiger partial charge is 0.272 e. The quantitative estimate of drug-likeness (QED) is 0.379. The molecule has 0 saturated carbocycles. The van der Waals surface area contributed by atoms with Crippen LogP contribution in [0.25, 0.3) is 0 Å². The molecule has 0 aliphatic rings. The van der Waals surface area contributed by atoms with E-state index in [0.29, 0.717) is 17.0 Å². The van der Waals surface area contributed by atoms with E-state index in [1.807, 2.05) is 37.3 Å². The van der Waals surface area contributed by atoms with Crippen molar-refractivity contribution in [2.24, 2.45) is 5.10 Å². The lowest BCUT2D eigenvalue weighted by Crippen LogP contribution is -2.40. The third-order valence-electron chi connectivity index (χ3n) is 4.72. The molecule has 32 heavy (non-hydrogen) atoms. The third kappa shape index (κ3) is 6.75. The van der Waals surface area contributed by atoms with Gasteiger partial charge in [-0.1, -0.05) is 71.8 Å². The van der Waals surface area contributed by atoms with Crippen molar-refractivity contribution in [2.75, 3.05) is 13.1 Å². The van der Waals surface area contributed by atoms with Gasteiger partial charge in [0.2, 0.25) is 10.0 Å². The SMILES string of the molecule is Cc1ccc(S(=O)(=O)N(CCc2ccccc2)CC(=O)N/N=C/c2cccc(Cl)c2)cc1. The second kappa shape index (κ2) is 11.0. The Labute approximate surface area is 193 Å². The van der Waals surface area contributed by atoms with Gasteiger partial charge in [0.05, 0.1) is 17.7 Å². The lowest BCUT2D eigenvalue weighted by molar-refractivity contribution is -0.121. The average Bonchev–Trinajstić information content (AvgIpc) is 2.77. The van der Waals surface area contributed by atoms with Crippen LogP contribution in [0.1, 0.15) is 16.7 Å². The van der Waals surface area contributed by atoms with E-state index in [1.165, 1.54) is 10.5 Å². The summed E-state index contributed by atoms with van der Waals surface area (Å²) in [7, 11) is -3.86. The number of halogens is 1. The Hall–Kier alpha value is -3.00. The number of nitrogens with one attached hydrogen (secondary N) is 1. The molecule has 3 aromatic rings. The molecular formula is C24H24ClN3O3S. The monoisotopic (exact) mass is 469 g/mol. The van der Waals surface area contributed by atoms with Gasteiger partial charge in [0.25, 0.3) is 5.91 Å². The van der Waals surface area contributed by atoms with Gasteiger partial charge in [-0.15, -0.1) is 0 Å². The molecule has 8 heteroatoms. The molecule has 0 saturated heterocycles. The summed E-state index contributed by atoms with van der Waals surface area (Å²) in [5.74, 6) is -0.535. The molecule has 0 spiro atoms. The van der Waals surface area contributed by atoms with Crippen LogP contribution in [0.5, 0.6) is 0 Å². The van der Waals surface area contributed by atoms with Crippen molar-refractivity contribution in [1.82, 2.24) is 9.73 Å². The predicted molar refractivity (Wildman–Crippen MR) is 127 cm³/mol. The Balaban J connectivity index is 1.73. The lowest BCUT2D eigenvalue weighted by Gasteiger charge is -2.21. The van der Waals surface area contributed by atoms with Crippen molar-refractivity contribution < 1.29 is 13.2 Å². The minimum absolute atomic E-state index is 0.145. The highest BCUT2D eigenvalue weighted by molar-refractivity contribution is 7.89. The number of aryl methyl sites for hydroxylation is 1. The summed E-state index contributed by atoms with van der Waals surface area (Å²) in [6.07, 6.45) is 1.93. The van der Waals surface area contributed by atoms with Crippen LogP contribution in [0, 0.1) is 6.92 Å². The minimum atomic E-state index is -3.86. The molecule has 166 valence electrons. The summed E-state index contributed by atoms with van der Waals surface area (Å²) >= 11 is 5.94. The number of benzene rings is 3. The Bertz CT molecular complexity index is 1180. The summed E-state index contributed by atoms with van der Waals surface area (Å²) < 4.78 is 27.6. The molecule has 0 fully saturated rings. The maximum Gasteiger partial charge on any atom is 0.255 e. The predicted octanol–water partition coefficient (Wildman–Crippen LogP) is 4.03. The van der Waals surface area contributed by atoms with Crippen LogP contribution in [0.2, 0.25) is 5.02 Å². The second-order valence-electron chi connectivity index (χ2n) is 7.24. The van der Waals surface area contributed by atoms with E-state index in [2.05, 4.69) is 10.5 Å². The van der Waals surface area contributed by atoms with Crippen LogP contribution < -0.4 is 5.43 Å². The Morgan fingerprint density at radius 3 is 2.44 bits per heavy atom. The maximum atomic E-state index is 13.2. The molecule has 0 radical (unpaired) electrons. The van der Waals surface area contributed by atoms with Gasteiger partial charge in [-0.25, -0.2) is 13.8 Å². The molecule has 1 N–H and O–H groups in total. The van der Waals surface area contributed by atoms with Crippen LogP contribution in [0.3, 0.4) is 0 Å². The number of hydrogen-bond donors (Lipinski definition) is 1. The zero-order valence-electron chi connectivity index (χ0n) is 17.6. The lowest BCUT2D eigenvalue weighted by atomic mass is 10.1. The van der Waals surface area contributed by atoms with Gasteiger partial charge in [-0.2, -0.15) is 9.41 Å². The Morgan fingerprint density at radius 2 is 1.75 bits per heavy atom. The molecule has 0 aliphatic carbocycles. The van der Waals surface area contributed by atoms with Crippen molar-refractivity contribution in [3.8, 4) is 0 Å². The molecule has 0 bridgehead atoms. The molecule has 0 unspecified atom stereocenters. The highest BCUT2D eigenvalue weighted by atomic mass is 35.5. The normalized spacial score (nSPS) is 11.7. The Kier molecular flexibility index (Phi) is 8.16. The zero-order valence-corrected chi connectivity index (χ0v) is 19.2. The van der Waals surface area contributed by atoms with Gasteiger partial charge < -0.3 is 0 Å². The van der Waals surface area contributed by atoms with E-state index in [9.17, 15) is 13.2 Å². The molecule has 0 atom stereocenters. The number of nitrogens with zero attached hydrogens (tertiary/aromatic N) is 2. The molecule has 3 aromatic carbocycles. The van der Waals surface area contributed by atoms with E-state index in [-0.39, 0.29) is 18.0 Å². The number of hydrogen-bond acceptors (Lipinski definition) is 4. The first-order chi connectivity index (χ1) is 15.3. The molecular weight excluding hydrogens is 446 g/mol. The highest BCUT2D eigenvalue weighted by Gasteiger charge is 2.26. The average molecular weight is 470 g/mol. The fourth-order valence-corrected chi connectivity index (χ4v) is 4.60. The van der Waals surface area contributed by atoms with Crippen LogP contribution >= 0.6 is 11.6 Å². The Morgan fingerprint density at radius 1 is 1.03 bits per heavy atom. The van der Waals surface area contributed by atoms with Crippen molar-refractivity contribution in [3.05, 3.63) is 101 Å². The first-order valence-electron chi connectivity index (χ1n) is 10.0. The van der Waals surface area contributed by atoms with E-state index >= 15 is 0 Å². The van der Waals surface area contributed by atoms with Gasteiger partial charge >= 0.3 is 0 Å². The number of sulfonamides is 1. The van der Waals surface area contributed by atoms with E-state index in [1.54, 1.807) is 48.5 Å². The standard InChI is InChI=1S/C24H24ClN3O3S/c1-19-10-12-23(13-11-19)32(30,31)28(15-14-20-6-3-2-4-7-20)18-24(29)27-26-17-21-8-5-9-22(25)16-21/h2-13,16-17H,14-15,18H2,1H3,(H,27,29)/b26-17+. The summed E-state index contributed by atoms with van der Waals surface area (Å²) in [4.78, 5) is 12.6. The number of carbonyl (C=O) groups excluding carboxylic acids is 1. The number of amides is 1. The molecule has 0 heterocycles. The smallest absolute Gasteiger partial charge is 0.255 e. The van der Waals surface area contributed by atoms with E-state index in [4.69, 9.17) is 11.6 Å². The van der Waals surface area contributed by atoms with Crippen molar-refractivity contribution >= 4 is 33.7 Å². The van der Waals surface area contributed by atoms with Crippen LogP contribution in [0.4, 0.5) is 0 Å². The second-order valence-corrected chi connectivity index (χ2v) is 9.61. The van der Waals surface area contributed by atoms with Crippen LogP contribution in [-0.2, 0) is 21.2 Å². The number of rotatable bonds is 9. The fraction of sp³-hybridized carbons (Fsp3) is 0.167. The first kappa shape index (κ1) is 23.7.